The summed E-state index contributed by atoms with van der Waals surface area (Å²) in [7, 11) is 1.93. The highest BCUT2D eigenvalue weighted by atomic mass is 19.1. The molecule has 1 aliphatic heterocycles. The van der Waals surface area contributed by atoms with E-state index in [1.807, 2.05) is 11.9 Å². The standard InChI is InChI=1S/C27H35FN4O4/c1-18(33)32(16-20-6-4-3-5-7-20)22-17-30(2)14-15-31-26(22)29-24(25(35)27(31)36)23(34)13-10-19-8-11-21(28)12-9-19/h8-9,11-12,20,22,35H,3-7,10,13-17H2,1-2H3. The number of likely N-dealkylation sites (N-methyl/N-ethyl adjacent to an activating group) is 1. The third-order valence-electron chi connectivity index (χ3n) is 7.44. The minimum atomic E-state index is -0.661. The van der Waals surface area contributed by atoms with Gasteiger partial charge in [-0.05, 0) is 49.9 Å². The molecule has 0 spiro atoms. The summed E-state index contributed by atoms with van der Waals surface area (Å²) in [5.74, 6) is -0.840. The van der Waals surface area contributed by atoms with Gasteiger partial charge in [0.2, 0.25) is 11.7 Å². The summed E-state index contributed by atoms with van der Waals surface area (Å²) < 4.78 is 14.6. The Morgan fingerprint density at radius 1 is 1.14 bits per heavy atom. The Balaban J connectivity index is 1.67. The summed E-state index contributed by atoms with van der Waals surface area (Å²) in [6, 6.07) is 5.35. The van der Waals surface area contributed by atoms with Gasteiger partial charge >= 0.3 is 0 Å². The number of carbonyl (C=O) groups excluding carboxylic acids is 2. The van der Waals surface area contributed by atoms with Gasteiger partial charge in [0.15, 0.2) is 11.5 Å². The van der Waals surface area contributed by atoms with Crippen LogP contribution in [0.4, 0.5) is 4.39 Å². The summed E-state index contributed by atoms with van der Waals surface area (Å²) in [6.07, 6.45) is 5.98. The van der Waals surface area contributed by atoms with E-state index in [1.165, 1.54) is 30.0 Å². The second-order valence-electron chi connectivity index (χ2n) is 10.1. The average Bonchev–Trinajstić information content (AvgIpc) is 3.03. The fourth-order valence-electron chi connectivity index (χ4n) is 5.35. The molecule has 0 bridgehead atoms. The lowest BCUT2D eigenvalue weighted by Gasteiger charge is -2.36. The maximum Gasteiger partial charge on any atom is 0.296 e. The predicted octanol–water partition coefficient (Wildman–Crippen LogP) is 3.32. The summed E-state index contributed by atoms with van der Waals surface area (Å²) in [6.45, 7) is 3.45. The van der Waals surface area contributed by atoms with Crippen LogP contribution < -0.4 is 5.56 Å². The lowest BCUT2D eigenvalue weighted by Crippen LogP contribution is -2.43. The van der Waals surface area contributed by atoms with Gasteiger partial charge in [-0.2, -0.15) is 0 Å². The Labute approximate surface area is 210 Å². The van der Waals surface area contributed by atoms with E-state index in [0.717, 1.165) is 31.2 Å². The topological polar surface area (TPSA) is 95.7 Å². The summed E-state index contributed by atoms with van der Waals surface area (Å²) in [5.41, 5.74) is -0.152. The predicted molar refractivity (Wildman–Crippen MR) is 133 cm³/mol. The molecule has 1 aromatic carbocycles. The zero-order valence-corrected chi connectivity index (χ0v) is 21.1. The minimum Gasteiger partial charge on any atom is -0.501 e. The molecule has 194 valence electrons. The van der Waals surface area contributed by atoms with E-state index >= 15 is 0 Å². The summed E-state index contributed by atoms with van der Waals surface area (Å²) in [5, 5.41) is 10.7. The van der Waals surface area contributed by atoms with Crippen molar-refractivity contribution in [2.75, 3.05) is 26.7 Å². The van der Waals surface area contributed by atoms with E-state index in [9.17, 15) is 23.9 Å². The first-order valence-electron chi connectivity index (χ1n) is 12.8. The number of fused-ring (bicyclic) bond motifs is 1. The van der Waals surface area contributed by atoms with Gasteiger partial charge in [-0.15, -0.1) is 0 Å². The van der Waals surface area contributed by atoms with Crippen LogP contribution in [0.25, 0.3) is 0 Å². The molecular formula is C27H35FN4O4. The third-order valence-corrected chi connectivity index (χ3v) is 7.44. The van der Waals surface area contributed by atoms with Crippen molar-refractivity contribution in [3.8, 4) is 5.75 Å². The monoisotopic (exact) mass is 498 g/mol. The second-order valence-corrected chi connectivity index (χ2v) is 10.1. The number of hydrogen-bond donors (Lipinski definition) is 1. The van der Waals surface area contributed by atoms with Crippen molar-refractivity contribution < 1.29 is 19.1 Å². The van der Waals surface area contributed by atoms with Crippen LogP contribution in [-0.4, -0.2) is 62.8 Å². The first kappa shape index (κ1) is 26.0. The number of Topliss-reactive ketones (excluding diaryl/α,β-unsaturated/α-hetero) is 1. The zero-order valence-electron chi connectivity index (χ0n) is 21.1. The molecule has 2 aliphatic rings. The maximum absolute atomic E-state index is 13.2. The zero-order chi connectivity index (χ0) is 25.8. The van der Waals surface area contributed by atoms with E-state index in [4.69, 9.17) is 0 Å². The molecule has 1 amide bonds. The van der Waals surface area contributed by atoms with Gasteiger partial charge in [0.1, 0.15) is 17.7 Å². The number of nitrogens with zero attached hydrogens (tertiary/aromatic N) is 4. The van der Waals surface area contributed by atoms with Crippen LogP contribution in [-0.2, 0) is 17.8 Å². The van der Waals surface area contributed by atoms with Crippen molar-refractivity contribution >= 4 is 11.7 Å². The molecule has 0 radical (unpaired) electrons. The number of carbonyl (C=O) groups is 2. The molecule has 1 fully saturated rings. The number of amides is 1. The normalized spacial score (nSPS) is 18.9. The highest BCUT2D eigenvalue weighted by Gasteiger charge is 2.34. The molecule has 2 heterocycles. The highest BCUT2D eigenvalue weighted by Crippen LogP contribution is 2.30. The molecule has 1 atom stereocenters. The Morgan fingerprint density at radius 2 is 1.83 bits per heavy atom. The quantitative estimate of drug-likeness (QED) is 0.589. The van der Waals surface area contributed by atoms with Crippen molar-refractivity contribution in [2.24, 2.45) is 5.92 Å². The van der Waals surface area contributed by atoms with Gasteiger partial charge in [0.25, 0.3) is 5.56 Å². The molecule has 8 nitrogen and oxygen atoms in total. The van der Waals surface area contributed by atoms with Gasteiger partial charge in [0, 0.05) is 39.5 Å². The average molecular weight is 499 g/mol. The van der Waals surface area contributed by atoms with E-state index in [0.29, 0.717) is 44.3 Å². The highest BCUT2D eigenvalue weighted by molar-refractivity contribution is 5.96. The molecule has 1 aromatic heterocycles. The van der Waals surface area contributed by atoms with Crippen LogP contribution in [0.5, 0.6) is 5.75 Å². The van der Waals surface area contributed by atoms with Gasteiger partial charge < -0.3 is 14.9 Å². The number of aromatic hydroxyl groups is 1. The lowest BCUT2D eigenvalue weighted by atomic mass is 9.88. The molecule has 4 rings (SSSR count). The molecule has 1 saturated carbocycles. The van der Waals surface area contributed by atoms with E-state index in [-0.39, 0.29) is 23.8 Å². The van der Waals surface area contributed by atoms with Crippen LogP contribution in [0, 0.1) is 11.7 Å². The molecule has 9 heteroatoms. The van der Waals surface area contributed by atoms with Crippen molar-refractivity contribution in [2.45, 2.75) is 64.5 Å². The maximum atomic E-state index is 13.2. The van der Waals surface area contributed by atoms with Gasteiger partial charge in [-0.25, -0.2) is 9.37 Å². The molecule has 1 unspecified atom stereocenters. The number of aromatic nitrogens is 2. The number of aryl methyl sites for hydroxylation is 1. The largest absolute Gasteiger partial charge is 0.501 e. The van der Waals surface area contributed by atoms with Crippen molar-refractivity contribution in [3.05, 3.63) is 57.5 Å². The molecule has 1 N–H and O–H groups in total. The molecule has 2 aromatic rings. The summed E-state index contributed by atoms with van der Waals surface area (Å²) in [4.78, 5) is 47.5. The van der Waals surface area contributed by atoms with Gasteiger partial charge in [-0.1, -0.05) is 31.4 Å². The Bertz CT molecular complexity index is 1160. The Hall–Kier alpha value is -3.07. The van der Waals surface area contributed by atoms with Crippen molar-refractivity contribution in [3.63, 3.8) is 0 Å². The van der Waals surface area contributed by atoms with E-state index in [1.54, 1.807) is 17.0 Å². The van der Waals surface area contributed by atoms with Gasteiger partial charge in [0.05, 0.1) is 0 Å². The van der Waals surface area contributed by atoms with E-state index < -0.39 is 23.1 Å². The Kier molecular flexibility index (Phi) is 8.18. The number of halogens is 1. The lowest BCUT2D eigenvalue weighted by molar-refractivity contribution is -0.132. The Morgan fingerprint density at radius 3 is 2.50 bits per heavy atom. The summed E-state index contributed by atoms with van der Waals surface area (Å²) >= 11 is 0. The van der Waals surface area contributed by atoms with E-state index in [2.05, 4.69) is 4.98 Å². The van der Waals surface area contributed by atoms with Crippen LogP contribution in [0.15, 0.2) is 29.1 Å². The number of ketones is 1. The van der Waals surface area contributed by atoms with Crippen LogP contribution in [0.3, 0.4) is 0 Å². The van der Waals surface area contributed by atoms with Gasteiger partial charge in [-0.3, -0.25) is 19.0 Å². The van der Waals surface area contributed by atoms with Crippen molar-refractivity contribution in [1.29, 1.82) is 0 Å². The fraction of sp³-hybridized carbons (Fsp3) is 0.556. The van der Waals surface area contributed by atoms with Crippen LogP contribution in [0.1, 0.15) is 73.4 Å². The van der Waals surface area contributed by atoms with Crippen LogP contribution >= 0.6 is 0 Å². The molecule has 1 aliphatic carbocycles. The fourth-order valence-corrected chi connectivity index (χ4v) is 5.35. The smallest absolute Gasteiger partial charge is 0.296 e. The van der Waals surface area contributed by atoms with Crippen molar-refractivity contribution in [1.82, 2.24) is 19.4 Å². The minimum absolute atomic E-state index is 0.0121. The first-order chi connectivity index (χ1) is 17.2. The molecular weight excluding hydrogens is 463 g/mol. The molecule has 36 heavy (non-hydrogen) atoms. The molecule has 0 saturated heterocycles. The number of rotatable bonds is 7. The number of hydrogen-bond acceptors (Lipinski definition) is 6. The first-order valence-corrected chi connectivity index (χ1v) is 12.8. The SMILES string of the molecule is CC(=O)N(CC1CCCCC1)C1CN(C)CCn2c1nc(C(=O)CCc1ccc(F)cc1)c(O)c2=O. The number of benzene rings is 1. The van der Waals surface area contributed by atoms with Crippen LogP contribution in [0.2, 0.25) is 0 Å². The second kappa shape index (κ2) is 11.3. The third kappa shape index (κ3) is 5.83.